The second-order valence-corrected chi connectivity index (χ2v) is 4.68. The van der Waals surface area contributed by atoms with E-state index in [9.17, 15) is 9.59 Å². The average molecular weight is 298 g/mol. The molecule has 1 aromatic carbocycles. The molecule has 1 aliphatic heterocycles. The Bertz CT molecular complexity index is 473. The Balaban J connectivity index is 0.00000200. The first kappa shape index (κ1) is 16.5. The smallest absolute Gasteiger partial charge is 0.251 e. The minimum absolute atomic E-state index is 0. The van der Waals surface area contributed by atoms with Gasteiger partial charge in [-0.05, 0) is 37.6 Å². The van der Waals surface area contributed by atoms with Gasteiger partial charge in [0.2, 0.25) is 0 Å². The summed E-state index contributed by atoms with van der Waals surface area (Å²) in [7, 11) is 1.57. The highest BCUT2D eigenvalue weighted by Crippen LogP contribution is 2.07. The third-order valence-electron chi connectivity index (χ3n) is 3.25. The fourth-order valence-electron chi connectivity index (χ4n) is 2.19. The van der Waals surface area contributed by atoms with Crippen molar-refractivity contribution in [3.05, 3.63) is 35.4 Å². The summed E-state index contributed by atoms with van der Waals surface area (Å²) in [6.45, 7) is 1.82. The van der Waals surface area contributed by atoms with E-state index in [0.717, 1.165) is 25.9 Å². The van der Waals surface area contributed by atoms with E-state index in [1.807, 2.05) is 0 Å². The summed E-state index contributed by atoms with van der Waals surface area (Å²) in [5.74, 6) is -0.312. The number of hydrogen-bond donors (Lipinski definition) is 3. The van der Waals surface area contributed by atoms with Gasteiger partial charge in [-0.3, -0.25) is 9.59 Å². The maximum Gasteiger partial charge on any atom is 0.251 e. The second kappa shape index (κ2) is 7.87. The fraction of sp³-hybridized carbons (Fsp3) is 0.429. The number of rotatable bonds is 3. The lowest BCUT2D eigenvalue weighted by Crippen LogP contribution is -2.45. The van der Waals surface area contributed by atoms with Crippen molar-refractivity contribution in [1.29, 1.82) is 0 Å². The van der Waals surface area contributed by atoms with Crippen LogP contribution in [-0.4, -0.2) is 38.0 Å². The van der Waals surface area contributed by atoms with Gasteiger partial charge >= 0.3 is 0 Å². The largest absolute Gasteiger partial charge is 0.355 e. The third-order valence-corrected chi connectivity index (χ3v) is 3.25. The molecular weight excluding hydrogens is 278 g/mol. The summed E-state index contributed by atoms with van der Waals surface area (Å²) in [5.41, 5.74) is 1.02. The molecule has 110 valence electrons. The van der Waals surface area contributed by atoms with E-state index in [2.05, 4.69) is 16.0 Å². The van der Waals surface area contributed by atoms with Gasteiger partial charge in [0.15, 0.2) is 0 Å². The van der Waals surface area contributed by atoms with Crippen molar-refractivity contribution < 1.29 is 9.59 Å². The van der Waals surface area contributed by atoms with Crippen molar-refractivity contribution in [2.45, 2.75) is 18.9 Å². The van der Waals surface area contributed by atoms with E-state index >= 15 is 0 Å². The Kier molecular flexibility index (Phi) is 6.48. The maximum absolute atomic E-state index is 12.1. The van der Waals surface area contributed by atoms with Crippen LogP contribution < -0.4 is 16.0 Å². The molecule has 1 atom stereocenters. The highest BCUT2D eigenvalue weighted by Gasteiger charge is 2.16. The second-order valence-electron chi connectivity index (χ2n) is 4.68. The summed E-state index contributed by atoms with van der Waals surface area (Å²) < 4.78 is 0. The third kappa shape index (κ3) is 4.21. The van der Waals surface area contributed by atoms with E-state index in [4.69, 9.17) is 0 Å². The van der Waals surface area contributed by atoms with Crippen LogP contribution in [0.5, 0.6) is 0 Å². The summed E-state index contributed by atoms with van der Waals surface area (Å²) >= 11 is 0. The van der Waals surface area contributed by atoms with Crippen molar-refractivity contribution in [3.63, 3.8) is 0 Å². The monoisotopic (exact) mass is 297 g/mol. The quantitative estimate of drug-likeness (QED) is 0.778. The molecule has 1 aliphatic rings. The Morgan fingerprint density at radius 1 is 1.25 bits per heavy atom. The van der Waals surface area contributed by atoms with Crippen LogP contribution in [0.25, 0.3) is 0 Å². The van der Waals surface area contributed by atoms with Crippen molar-refractivity contribution in [2.24, 2.45) is 0 Å². The van der Waals surface area contributed by atoms with Gasteiger partial charge in [0, 0.05) is 30.8 Å². The zero-order valence-electron chi connectivity index (χ0n) is 11.4. The summed E-state index contributed by atoms with van der Waals surface area (Å²) in [5, 5.41) is 8.79. The first-order chi connectivity index (χ1) is 9.20. The van der Waals surface area contributed by atoms with Crippen LogP contribution in [-0.2, 0) is 0 Å². The van der Waals surface area contributed by atoms with Crippen LogP contribution in [0.3, 0.4) is 0 Å². The van der Waals surface area contributed by atoms with E-state index in [1.54, 1.807) is 31.3 Å². The summed E-state index contributed by atoms with van der Waals surface area (Å²) in [4.78, 5) is 23.6. The number of nitrogens with one attached hydrogen (secondary N) is 3. The number of carbonyl (C=O) groups is 2. The van der Waals surface area contributed by atoms with Crippen molar-refractivity contribution in [3.8, 4) is 0 Å². The number of carbonyl (C=O) groups excluding carboxylic acids is 2. The van der Waals surface area contributed by atoms with Crippen molar-refractivity contribution in [1.82, 2.24) is 16.0 Å². The predicted octanol–water partition coefficient (Wildman–Crippen LogP) is 0.950. The molecule has 0 saturated carbocycles. The van der Waals surface area contributed by atoms with Crippen LogP contribution in [0, 0.1) is 0 Å². The van der Waals surface area contributed by atoms with Crippen LogP contribution in [0.1, 0.15) is 33.6 Å². The molecule has 3 N–H and O–H groups in total. The lowest BCUT2D eigenvalue weighted by Gasteiger charge is -2.23. The van der Waals surface area contributed by atoms with Crippen LogP contribution in [0.15, 0.2) is 24.3 Å². The highest BCUT2D eigenvalue weighted by atomic mass is 35.5. The molecule has 0 bridgehead atoms. The number of halogens is 1. The molecule has 1 heterocycles. The molecule has 6 heteroatoms. The van der Waals surface area contributed by atoms with Crippen molar-refractivity contribution in [2.75, 3.05) is 20.1 Å². The zero-order chi connectivity index (χ0) is 13.7. The number of piperidine rings is 1. The molecule has 2 amide bonds. The molecule has 20 heavy (non-hydrogen) atoms. The van der Waals surface area contributed by atoms with Gasteiger partial charge in [0.25, 0.3) is 11.8 Å². The van der Waals surface area contributed by atoms with Gasteiger partial charge in [-0.1, -0.05) is 6.07 Å². The molecule has 1 saturated heterocycles. The SMILES string of the molecule is CNC(=O)c1cccc(C(=O)N[C@H]2CCCNC2)c1.Cl. The molecule has 5 nitrogen and oxygen atoms in total. The van der Waals surface area contributed by atoms with Gasteiger partial charge in [0.05, 0.1) is 0 Å². The van der Waals surface area contributed by atoms with E-state index in [1.165, 1.54) is 0 Å². The van der Waals surface area contributed by atoms with Crippen molar-refractivity contribution >= 4 is 24.2 Å². The standard InChI is InChI=1S/C14H19N3O2.ClH/c1-15-13(18)10-4-2-5-11(8-10)14(19)17-12-6-3-7-16-9-12;/h2,4-5,8,12,16H,3,6-7,9H2,1H3,(H,15,18)(H,17,19);1H/t12-;/m0./s1. The van der Waals surface area contributed by atoms with Crippen LogP contribution in [0.2, 0.25) is 0 Å². The van der Waals surface area contributed by atoms with E-state index < -0.39 is 0 Å². The van der Waals surface area contributed by atoms with Gasteiger partial charge in [-0.15, -0.1) is 12.4 Å². The Morgan fingerprint density at radius 3 is 2.55 bits per heavy atom. The van der Waals surface area contributed by atoms with Gasteiger partial charge in [0.1, 0.15) is 0 Å². The summed E-state index contributed by atoms with van der Waals surface area (Å²) in [6, 6.07) is 6.92. The molecule has 1 fully saturated rings. The van der Waals surface area contributed by atoms with E-state index in [0.29, 0.717) is 11.1 Å². The normalized spacial score (nSPS) is 17.8. The zero-order valence-corrected chi connectivity index (χ0v) is 12.3. The van der Waals surface area contributed by atoms with E-state index in [-0.39, 0.29) is 30.3 Å². The lowest BCUT2D eigenvalue weighted by atomic mass is 10.1. The molecule has 0 radical (unpaired) electrons. The number of amides is 2. The van der Waals surface area contributed by atoms with Crippen LogP contribution >= 0.6 is 12.4 Å². The fourth-order valence-corrected chi connectivity index (χ4v) is 2.19. The number of hydrogen-bond acceptors (Lipinski definition) is 3. The Labute approximate surface area is 124 Å². The number of benzene rings is 1. The lowest BCUT2D eigenvalue weighted by molar-refractivity contribution is 0.0930. The molecule has 2 rings (SSSR count). The first-order valence-corrected chi connectivity index (χ1v) is 6.54. The molecule has 1 aromatic rings. The van der Waals surface area contributed by atoms with Crippen LogP contribution in [0.4, 0.5) is 0 Å². The summed E-state index contributed by atoms with van der Waals surface area (Å²) in [6.07, 6.45) is 2.07. The molecule has 0 spiro atoms. The molecule has 0 unspecified atom stereocenters. The van der Waals surface area contributed by atoms with Gasteiger partial charge < -0.3 is 16.0 Å². The first-order valence-electron chi connectivity index (χ1n) is 6.54. The average Bonchev–Trinajstić information content (AvgIpc) is 2.47. The Hall–Kier alpha value is -1.59. The maximum atomic E-state index is 12.1. The topological polar surface area (TPSA) is 70.2 Å². The minimum Gasteiger partial charge on any atom is -0.355 e. The molecule has 0 aromatic heterocycles. The van der Waals surface area contributed by atoms with Gasteiger partial charge in [-0.2, -0.15) is 0 Å². The molecule has 0 aliphatic carbocycles. The van der Waals surface area contributed by atoms with Gasteiger partial charge in [-0.25, -0.2) is 0 Å². The minimum atomic E-state index is -0.186. The highest BCUT2D eigenvalue weighted by molar-refractivity contribution is 5.99. The Morgan fingerprint density at radius 2 is 1.95 bits per heavy atom. The predicted molar refractivity (Wildman–Crippen MR) is 80.4 cm³/mol. The molecular formula is C14H20ClN3O2.